The van der Waals surface area contributed by atoms with E-state index in [4.69, 9.17) is 0 Å². The normalized spacial score (nSPS) is 12.5. The van der Waals surface area contributed by atoms with Gasteiger partial charge in [0.25, 0.3) is 0 Å². The summed E-state index contributed by atoms with van der Waals surface area (Å²) in [4.78, 5) is 11.6. The maximum atomic E-state index is 11.6. The molecule has 0 fully saturated rings. The van der Waals surface area contributed by atoms with E-state index in [2.05, 4.69) is 15.9 Å². The average molecular weight is 241 g/mol. The molecule has 0 radical (unpaired) electrons. The Morgan fingerprint density at radius 1 is 1.38 bits per heavy atom. The molecule has 1 aromatic carbocycles. The van der Waals surface area contributed by atoms with E-state index in [1.54, 1.807) is 0 Å². The standard InChI is InChI=1S/C11H13BrO/c1-3-10(12)11(13)9-6-4-8(2)5-7-9/h4-7,10H,3H2,1-2H3/t10-/m0/s1. The molecule has 0 aliphatic carbocycles. The second-order valence-electron chi connectivity index (χ2n) is 3.11. The van der Waals surface area contributed by atoms with Crippen LogP contribution >= 0.6 is 15.9 Å². The Kier molecular flexibility index (Phi) is 3.67. The van der Waals surface area contributed by atoms with Crippen LogP contribution in [0.25, 0.3) is 0 Å². The number of ketones is 1. The Hall–Kier alpha value is -0.630. The Morgan fingerprint density at radius 2 is 1.92 bits per heavy atom. The third kappa shape index (κ3) is 2.66. The molecule has 0 bridgehead atoms. The molecule has 0 aliphatic rings. The van der Waals surface area contributed by atoms with Crippen molar-refractivity contribution in [3.8, 4) is 0 Å². The van der Waals surface area contributed by atoms with Crippen LogP contribution in [-0.4, -0.2) is 10.6 Å². The van der Waals surface area contributed by atoms with E-state index in [-0.39, 0.29) is 10.6 Å². The van der Waals surface area contributed by atoms with Gasteiger partial charge < -0.3 is 0 Å². The number of Topliss-reactive ketones (excluding diaryl/α,β-unsaturated/α-hetero) is 1. The first-order chi connectivity index (χ1) is 6.15. The molecular formula is C11H13BrO. The van der Waals surface area contributed by atoms with Gasteiger partial charge in [0.1, 0.15) is 0 Å². The minimum atomic E-state index is -0.0461. The number of hydrogen-bond donors (Lipinski definition) is 0. The minimum Gasteiger partial charge on any atom is -0.293 e. The van der Waals surface area contributed by atoms with Crippen molar-refractivity contribution in [1.29, 1.82) is 0 Å². The quantitative estimate of drug-likeness (QED) is 0.585. The monoisotopic (exact) mass is 240 g/mol. The van der Waals surface area contributed by atoms with E-state index < -0.39 is 0 Å². The van der Waals surface area contributed by atoms with Crippen LogP contribution in [0.15, 0.2) is 24.3 Å². The molecule has 0 aliphatic heterocycles. The first-order valence-corrected chi connectivity index (χ1v) is 5.31. The molecule has 0 amide bonds. The zero-order valence-electron chi connectivity index (χ0n) is 7.88. The maximum absolute atomic E-state index is 11.6. The molecule has 1 rings (SSSR count). The fourth-order valence-corrected chi connectivity index (χ4v) is 1.35. The summed E-state index contributed by atoms with van der Waals surface area (Å²) in [5.74, 6) is 0.169. The Balaban J connectivity index is 2.83. The van der Waals surface area contributed by atoms with E-state index in [1.807, 2.05) is 38.1 Å². The van der Waals surface area contributed by atoms with Crippen LogP contribution in [0.5, 0.6) is 0 Å². The van der Waals surface area contributed by atoms with Gasteiger partial charge in [0.05, 0.1) is 4.83 Å². The summed E-state index contributed by atoms with van der Waals surface area (Å²) in [6.07, 6.45) is 0.826. The lowest BCUT2D eigenvalue weighted by Gasteiger charge is -2.05. The van der Waals surface area contributed by atoms with Crippen molar-refractivity contribution in [2.75, 3.05) is 0 Å². The van der Waals surface area contributed by atoms with Crippen molar-refractivity contribution < 1.29 is 4.79 Å². The maximum Gasteiger partial charge on any atom is 0.176 e. The third-order valence-electron chi connectivity index (χ3n) is 1.98. The summed E-state index contributed by atoms with van der Waals surface area (Å²) < 4.78 is 0. The van der Waals surface area contributed by atoms with Crippen molar-refractivity contribution in [2.24, 2.45) is 0 Å². The van der Waals surface area contributed by atoms with Crippen molar-refractivity contribution in [3.63, 3.8) is 0 Å². The molecule has 1 aromatic rings. The molecule has 0 aromatic heterocycles. The molecule has 0 saturated carbocycles. The summed E-state index contributed by atoms with van der Waals surface area (Å²) in [6.45, 7) is 4.01. The second kappa shape index (κ2) is 4.56. The van der Waals surface area contributed by atoms with Crippen LogP contribution in [0, 0.1) is 6.92 Å². The summed E-state index contributed by atoms with van der Waals surface area (Å²) in [5.41, 5.74) is 1.97. The number of halogens is 1. The number of rotatable bonds is 3. The first kappa shape index (κ1) is 10.5. The van der Waals surface area contributed by atoms with Gasteiger partial charge in [-0.25, -0.2) is 0 Å². The molecular weight excluding hydrogens is 228 g/mol. The van der Waals surface area contributed by atoms with Crippen molar-refractivity contribution in [3.05, 3.63) is 35.4 Å². The Labute approximate surface area is 87.3 Å². The smallest absolute Gasteiger partial charge is 0.176 e. The lowest BCUT2D eigenvalue weighted by molar-refractivity contribution is 0.0990. The number of carbonyl (C=O) groups is 1. The number of aryl methyl sites for hydroxylation is 1. The van der Waals surface area contributed by atoms with Crippen molar-refractivity contribution in [1.82, 2.24) is 0 Å². The average Bonchev–Trinajstić information content (AvgIpc) is 2.17. The van der Waals surface area contributed by atoms with E-state index in [0.717, 1.165) is 12.0 Å². The molecule has 0 unspecified atom stereocenters. The van der Waals surface area contributed by atoms with Crippen LogP contribution in [-0.2, 0) is 0 Å². The van der Waals surface area contributed by atoms with Crippen LogP contribution in [0.4, 0.5) is 0 Å². The van der Waals surface area contributed by atoms with Gasteiger partial charge in [-0.15, -0.1) is 0 Å². The number of benzene rings is 1. The molecule has 13 heavy (non-hydrogen) atoms. The lowest BCUT2D eigenvalue weighted by atomic mass is 10.1. The minimum absolute atomic E-state index is 0.0461. The van der Waals surface area contributed by atoms with Gasteiger partial charge in [-0.2, -0.15) is 0 Å². The van der Waals surface area contributed by atoms with Crippen LogP contribution in [0.2, 0.25) is 0 Å². The number of carbonyl (C=O) groups excluding carboxylic acids is 1. The second-order valence-corrected chi connectivity index (χ2v) is 4.21. The van der Waals surface area contributed by atoms with Gasteiger partial charge in [0, 0.05) is 5.56 Å². The Morgan fingerprint density at radius 3 is 2.38 bits per heavy atom. The largest absolute Gasteiger partial charge is 0.293 e. The van der Waals surface area contributed by atoms with Crippen LogP contribution in [0.3, 0.4) is 0 Å². The van der Waals surface area contributed by atoms with Gasteiger partial charge in [-0.3, -0.25) is 4.79 Å². The molecule has 0 spiro atoms. The van der Waals surface area contributed by atoms with E-state index >= 15 is 0 Å². The van der Waals surface area contributed by atoms with Gasteiger partial charge in [0.15, 0.2) is 5.78 Å². The van der Waals surface area contributed by atoms with Gasteiger partial charge >= 0.3 is 0 Å². The third-order valence-corrected chi connectivity index (χ3v) is 3.04. The molecule has 2 heteroatoms. The van der Waals surface area contributed by atoms with Gasteiger partial charge in [-0.05, 0) is 13.3 Å². The highest BCUT2D eigenvalue weighted by Crippen LogP contribution is 2.13. The molecule has 70 valence electrons. The van der Waals surface area contributed by atoms with Crippen molar-refractivity contribution in [2.45, 2.75) is 25.1 Å². The Bertz CT molecular complexity index is 289. The van der Waals surface area contributed by atoms with Crippen LogP contribution in [0.1, 0.15) is 29.3 Å². The highest BCUT2D eigenvalue weighted by Gasteiger charge is 2.13. The topological polar surface area (TPSA) is 17.1 Å². The highest BCUT2D eigenvalue weighted by molar-refractivity contribution is 9.10. The van der Waals surface area contributed by atoms with Crippen molar-refractivity contribution >= 4 is 21.7 Å². The number of alkyl halides is 1. The number of hydrogen-bond acceptors (Lipinski definition) is 1. The molecule has 1 nitrogen and oxygen atoms in total. The summed E-state index contributed by atoms with van der Waals surface area (Å²) >= 11 is 3.35. The first-order valence-electron chi connectivity index (χ1n) is 4.40. The van der Waals surface area contributed by atoms with E-state index in [0.29, 0.717) is 0 Å². The van der Waals surface area contributed by atoms with E-state index in [1.165, 1.54) is 5.56 Å². The zero-order chi connectivity index (χ0) is 9.84. The molecule has 0 N–H and O–H groups in total. The highest BCUT2D eigenvalue weighted by atomic mass is 79.9. The predicted molar refractivity (Wildman–Crippen MR) is 58.5 cm³/mol. The van der Waals surface area contributed by atoms with Gasteiger partial charge in [0.2, 0.25) is 0 Å². The SMILES string of the molecule is CC[C@H](Br)C(=O)c1ccc(C)cc1. The van der Waals surface area contributed by atoms with Gasteiger partial charge in [-0.1, -0.05) is 52.7 Å². The summed E-state index contributed by atoms with van der Waals surface area (Å²) in [5, 5.41) is 0. The zero-order valence-corrected chi connectivity index (χ0v) is 9.47. The van der Waals surface area contributed by atoms with Crippen LogP contribution < -0.4 is 0 Å². The lowest BCUT2D eigenvalue weighted by Crippen LogP contribution is -2.12. The fraction of sp³-hybridized carbons (Fsp3) is 0.364. The van der Waals surface area contributed by atoms with E-state index in [9.17, 15) is 4.79 Å². The molecule has 0 heterocycles. The molecule has 0 saturated heterocycles. The summed E-state index contributed by atoms with van der Waals surface area (Å²) in [6, 6.07) is 7.68. The molecule has 1 atom stereocenters. The predicted octanol–water partition coefficient (Wildman–Crippen LogP) is 3.35. The fourth-order valence-electron chi connectivity index (χ4n) is 1.08. The summed E-state index contributed by atoms with van der Waals surface area (Å²) in [7, 11) is 0.